The van der Waals surface area contributed by atoms with Crippen LogP contribution < -0.4 is 10.6 Å². The lowest BCUT2D eigenvalue weighted by atomic mass is 10.1. The molecule has 26 heavy (non-hydrogen) atoms. The van der Waals surface area contributed by atoms with Gasteiger partial charge in [0, 0.05) is 17.2 Å². The van der Waals surface area contributed by atoms with E-state index in [2.05, 4.69) is 15.6 Å². The zero-order valence-electron chi connectivity index (χ0n) is 13.3. The highest BCUT2D eigenvalue weighted by atomic mass is 35.5. The number of hydrogen-bond donors (Lipinski definition) is 2. The molecule has 2 aromatic carbocycles. The predicted octanol–water partition coefficient (Wildman–Crippen LogP) is 4.29. The van der Waals surface area contributed by atoms with Crippen molar-refractivity contribution in [3.8, 4) is 0 Å². The highest BCUT2D eigenvalue weighted by Crippen LogP contribution is 2.30. The Bertz CT molecular complexity index is 1050. The zero-order chi connectivity index (χ0) is 18.8. The average molecular weight is 407 g/mol. The van der Waals surface area contributed by atoms with E-state index in [4.69, 9.17) is 23.8 Å². The van der Waals surface area contributed by atoms with Crippen molar-refractivity contribution in [2.75, 3.05) is 5.32 Å². The molecule has 0 aliphatic rings. The first kappa shape index (κ1) is 18.2. The molecule has 1 amide bonds. The molecule has 7 nitrogen and oxygen atoms in total. The van der Waals surface area contributed by atoms with Crippen molar-refractivity contribution >= 4 is 67.2 Å². The molecule has 1 aromatic heterocycles. The van der Waals surface area contributed by atoms with Crippen LogP contribution in [0.2, 0.25) is 5.02 Å². The van der Waals surface area contributed by atoms with Gasteiger partial charge in [0.05, 0.1) is 14.6 Å². The van der Waals surface area contributed by atoms with Gasteiger partial charge in [-0.05, 0) is 37.3 Å². The summed E-state index contributed by atoms with van der Waals surface area (Å²) in [5.41, 5.74) is 1.12. The number of carbonyl (C=O) groups excluding carboxylic acids is 1. The Morgan fingerprint density at radius 3 is 2.81 bits per heavy atom. The largest absolute Gasteiger partial charge is 0.308 e. The van der Waals surface area contributed by atoms with Crippen LogP contribution in [0.15, 0.2) is 36.4 Å². The van der Waals surface area contributed by atoms with Crippen LogP contribution in [-0.2, 0) is 0 Å². The fraction of sp³-hybridized carbons (Fsp3) is 0.0625. The molecule has 3 rings (SSSR count). The number of hydrogen-bond acceptors (Lipinski definition) is 6. The van der Waals surface area contributed by atoms with Gasteiger partial charge in [0.25, 0.3) is 11.6 Å². The van der Waals surface area contributed by atoms with Gasteiger partial charge in [-0.2, -0.15) is 0 Å². The summed E-state index contributed by atoms with van der Waals surface area (Å²) in [6, 6.07) is 9.65. The summed E-state index contributed by atoms with van der Waals surface area (Å²) in [6.07, 6.45) is 0. The summed E-state index contributed by atoms with van der Waals surface area (Å²) in [5, 5.41) is 17.3. The third-order valence-corrected chi connectivity index (χ3v) is 4.93. The van der Waals surface area contributed by atoms with E-state index >= 15 is 0 Å². The molecule has 0 aliphatic carbocycles. The van der Waals surface area contributed by atoms with Gasteiger partial charge in [-0.15, -0.1) is 0 Å². The van der Waals surface area contributed by atoms with Crippen LogP contribution in [0.3, 0.4) is 0 Å². The molecule has 0 saturated carbocycles. The van der Waals surface area contributed by atoms with E-state index in [9.17, 15) is 14.9 Å². The number of amides is 1. The molecule has 0 fully saturated rings. The number of para-hydroxylation sites is 1. The molecule has 0 aliphatic heterocycles. The molecule has 0 unspecified atom stereocenters. The number of anilines is 1. The quantitative estimate of drug-likeness (QED) is 0.382. The summed E-state index contributed by atoms with van der Waals surface area (Å²) < 4.78 is 0.878. The second-order valence-corrected chi connectivity index (χ2v) is 7.12. The number of thiazole rings is 1. The monoisotopic (exact) mass is 406 g/mol. The summed E-state index contributed by atoms with van der Waals surface area (Å²) in [6.45, 7) is 1.60. The minimum Gasteiger partial charge on any atom is -0.308 e. The summed E-state index contributed by atoms with van der Waals surface area (Å²) in [5.74, 6) is -0.551. The third-order valence-electron chi connectivity index (χ3n) is 3.49. The van der Waals surface area contributed by atoms with Crippen molar-refractivity contribution in [2.45, 2.75) is 6.92 Å². The number of nitrogens with zero attached hydrogens (tertiary/aromatic N) is 2. The molecular formula is C16H11ClN4O3S2. The minimum absolute atomic E-state index is 0.0356. The van der Waals surface area contributed by atoms with Crippen LogP contribution in [0.25, 0.3) is 10.2 Å². The first-order chi connectivity index (χ1) is 12.3. The molecule has 0 spiro atoms. The highest BCUT2D eigenvalue weighted by Gasteiger charge is 2.16. The number of nitro groups is 1. The van der Waals surface area contributed by atoms with Crippen molar-refractivity contribution in [3.05, 3.63) is 62.7 Å². The number of nitro benzene ring substituents is 1. The van der Waals surface area contributed by atoms with E-state index in [0.29, 0.717) is 21.2 Å². The molecule has 0 radical (unpaired) electrons. The highest BCUT2D eigenvalue weighted by molar-refractivity contribution is 7.80. The first-order valence-electron chi connectivity index (χ1n) is 7.27. The average Bonchev–Trinajstić information content (AvgIpc) is 2.98. The van der Waals surface area contributed by atoms with Gasteiger partial charge < -0.3 is 5.32 Å². The number of halogens is 1. The van der Waals surface area contributed by atoms with Crippen molar-refractivity contribution < 1.29 is 9.72 Å². The number of thiocarbonyl (C=S) groups is 1. The number of aryl methyl sites for hydroxylation is 1. The van der Waals surface area contributed by atoms with Crippen LogP contribution in [0, 0.1) is 17.0 Å². The van der Waals surface area contributed by atoms with E-state index in [-0.39, 0.29) is 16.4 Å². The number of carbonyl (C=O) groups is 1. The molecule has 132 valence electrons. The number of benzene rings is 2. The summed E-state index contributed by atoms with van der Waals surface area (Å²) in [7, 11) is 0. The number of aromatic nitrogens is 1. The van der Waals surface area contributed by atoms with Crippen molar-refractivity contribution in [1.82, 2.24) is 10.3 Å². The normalized spacial score (nSPS) is 10.5. The van der Waals surface area contributed by atoms with Gasteiger partial charge in [-0.3, -0.25) is 20.2 Å². The van der Waals surface area contributed by atoms with Gasteiger partial charge in [-0.1, -0.05) is 35.1 Å². The van der Waals surface area contributed by atoms with Crippen LogP contribution >= 0.6 is 35.2 Å². The Morgan fingerprint density at radius 1 is 1.35 bits per heavy atom. The second kappa shape index (κ2) is 7.32. The van der Waals surface area contributed by atoms with Crippen LogP contribution in [0.5, 0.6) is 0 Å². The molecule has 3 aromatic rings. The lowest BCUT2D eigenvalue weighted by molar-refractivity contribution is -0.385. The minimum atomic E-state index is -0.551. The van der Waals surface area contributed by atoms with Gasteiger partial charge in [0.15, 0.2) is 10.2 Å². The Kier molecular flexibility index (Phi) is 5.12. The first-order valence-corrected chi connectivity index (χ1v) is 8.88. The fourth-order valence-electron chi connectivity index (χ4n) is 2.22. The SMILES string of the molecule is Cc1ccc(C(=O)NC(=S)Nc2nc3c(Cl)cccc3s2)cc1[N+](=O)[O-]. The Labute approximate surface area is 162 Å². The van der Waals surface area contributed by atoms with E-state index in [0.717, 1.165) is 4.70 Å². The molecule has 0 bridgehead atoms. The van der Waals surface area contributed by atoms with Crippen molar-refractivity contribution in [1.29, 1.82) is 0 Å². The van der Waals surface area contributed by atoms with E-state index < -0.39 is 10.8 Å². The van der Waals surface area contributed by atoms with E-state index in [1.54, 1.807) is 13.0 Å². The Morgan fingerprint density at radius 2 is 2.12 bits per heavy atom. The molecular weight excluding hydrogens is 396 g/mol. The number of nitrogens with one attached hydrogen (secondary N) is 2. The van der Waals surface area contributed by atoms with E-state index in [1.807, 2.05) is 12.1 Å². The van der Waals surface area contributed by atoms with Gasteiger partial charge in [0.2, 0.25) is 0 Å². The number of fused-ring (bicyclic) bond motifs is 1. The van der Waals surface area contributed by atoms with Gasteiger partial charge in [0.1, 0.15) is 5.52 Å². The maximum absolute atomic E-state index is 12.3. The predicted molar refractivity (Wildman–Crippen MR) is 106 cm³/mol. The topological polar surface area (TPSA) is 97.2 Å². The van der Waals surface area contributed by atoms with Crippen molar-refractivity contribution in [3.63, 3.8) is 0 Å². The van der Waals surface area contributed by atoms with Crippen LogP contribution in [0.1, 0.15) is 15.9 Å². The summed E-state index contributed by atoms with van der Waals surface area (Å²) >= 11 is 12.5. The van der Waals surface area contributed by atoms with Crippen molar-refractivity contribution in [2.24, 2.45) is 0 Å². The molecule has 2 N–H and O–H groups in total. The molecule has 10 heteroatoms. The standard InChI is InChI=1S/C16H11ClN4O3S2/c1-8-5-6-9(7-11(8)21(23)24)14(22)19-15(25)20-16-18-13-10(17)3-2-4-12(13)26-16/h2-7H,1H3,(H2,18,19,20,22,25). The van der Waals surface area contributed by atoms with Crippen LogP contribution in [0.4, 0.5) is 10.8 Å². The molecule has 1 heterocycles. The smallest absolute Gasteiger partial charge is 0.273 e. The lowest BCUT2D eigenvalue weighted by Gasteiger charge is -2.07. The summed E-state index contributed by atoms with van der Waals surface area (Å²) in [4.78, 5) is 27.0. The zero-order valence-corrected chi connectivity index (χ0v) is 15.7. The molecule has 0 saturated heterocycles. The Hall–Kier alpha value is -2.62. The van der Waals surface area contributed by atoms with Gasteiger partial charge in [-0.25, -0.2) is 4.98 Å². The van der Waals surface area contributed by atoms with E-state index in [1.165, 1.54) is 29.5 Å². The van der Waals surface area contributed by atoms with Crippen LogP contribution in [-0.4, -0.2) is 20.9 Å². The lowest BCUT2D eigenvalue weighted by Crippen LogP contribution is -2.34. The van der Waals surface area contributed by atoms with Gasteiger partial charge >= 0.3 is 0 Å². The third kappa shape index (κ3) is 3.79. The Balaban J connectivity index is 1.73. The number of rotatable bonds is 3. The second-order valence-electron chi connectivity index (χ2n) is 5.27. The maximum atomic E-state index is 12.3. The fourth-order valence-corrected chi connectivity index (χ4v) is 3.64. The maximum Gasteiger partial charge on any atom is 0.273 e. The molecule has 0 atom stereocenters.